The van der Waals surface area contributed by atoms with Crippen molar-refractivity contribution < 1.29 is 19.1 Å². The molecule has 0 saturated carbocycles. The maximum absolute atomic E-state index is 12.7. The van der Waals surface area contributed by atoms with E-state index < -0.39 is 0 Å². The van der Waals surface area contributed by atoms with Crippen molar-refractivity contribution in [1.29, 1.82) is 0 Å². The van der Waals surface area contributed by atoms with Gasteiger partial charge in [0.1, 0.15) is 0 Å². The second-order valence-corrected chi connectivity index (χ2v) is 7.88. The largest absolute Gasteiger partial charge is 0.493 e. The van der Waals surface area contributed by atoms with Gasteiger partial charge < -0.3 is 19.7 Å². The van der Waals surface area contributed by atoms with Crippen molar-refractivity contribution in [2.75, 3.05) is 27.3 Å². The Bertz CT molecular complexity index is 888. The van der Waals surface area contributed by atoms with E-state index in [1.165, 1.54) is 0 Å². The third kappa shape index (κ3) is 5.75. The second kappa shape index (κ2) is 10.8. The Morgan fingerprint density at radius 1 is 1.16 bits per heavy atom. The zero-order valence-corrected chi connectivity index (χ0v) is 18.5. The molecule has 7 nitrogen and oxygen atoms in total. The van der Waals surface area contributed by atoms with Gasteiger partial charge in [0, 0.05) is 38.4 Å². The monoisotopic (exact) mass is 425 g/mol. The number of hydrogen-bond acceptors (Lipinski definition) is 5. The molecule has 0 unspecified atom stereocenters. The van der Waals surface area contributed by atoms with Crippen molar-refractivity contribution in [3.05, 3.63) is 53.9 Å². The summed E-state index contributed by atoms with van der Waals surface area (Å²) < 4.78 is 10.6. The van der Waals surface area contributed by atoms with Gasteiger partial charge in [-0.15, -0.1) is 0 Å². The first-order valence-corrected chi connectivity index (χ1v) is 10.7. The quantitative estimate of drug-likeness (QED) is 0.702. The van der Waals surface area contributed by atoms with Gasteiger partial charge in [0.25, 0.3) is 5.91 Å². The smallest absolute Gasteiger partial charge is 0.255 e. The summed E-state index contributed by atoms with van der Waals surface area (Å²) in [6.45, 7) is 3.90. The second-order valence-electron chi connectivity index (χ2n) is 7.88. The Morgan fingerprint density at radius 2 is 1.97 bits per heavy atom. The van der Waals surface area contributed by atoms with Crippen molar-refractivity contribution in [2.24, 2.45) is 11.8 Å². The molecule has 1 aromatic carbocycles. The van der Waals surface area contributed by atoms with Gasteiger partial charge in [-0.1, -0.05) is 19.4 Å². The van der Waals surface area contributed by atoms with Crippen LogP contribution in [0.15, 0.2) is 42.7 Å². The molecule has 2 atom stereocenters. The van der Waals surface area contributed by atoms with Crippen LogP contribution in [-0.4, -0.2) is 49.0 Å². The molecule has 0 bridgehead atoms. The van der Waals surface area contributed by atoms with Crippen LogP contribution in [0.5, 0.6) is 11.5 Å². The number of amides is 2. The first kappa shape index (κ1) is 22.6. The van der Waals surface area contributed by atoms with Crippen LogP contribution in [0.3, 0.4) is 0 Å². The summed E-state index contributed by atoms with van der Waals surface area (Å²) in [4.78, 5) is 31.3. The highest BCUT2D eigenvalue weighted by molar-refractivity contribution is 5.94. The number of carbonyl (C=O) groups is 2. The summed E-state index contributed by atoms with van der Waals surface area (Å²) in [5.74, 6) is 1.93. The van der Waals surface area contributed by atoms with E-state index in [0.29, 0.717) is 49.0 Å². The highest BCUT2D eigenvalue weighted by atomic mass is 16.5. The van der Waals surface area contributed by atoms with E-state index in [0.717, 1.165) is 18.4 Å². The van der Waals surface area contributed by atoms with Gasteiger partial charge in [-0.25, -0.2) is 0 Å². The molecule has 7 heteroatoms. The molecule has 0 spiro atoms. The molecule has 1 fully saturated rings. The summed E-state index contributed by atoms with van der Waals surface area (Å²) in [5, 5.41) is 3.02. The van der Waals surface area contributed by atoms with Crippen LogP contribution in [0, 0.1) is 11.8 Å². The Balaban J connectivity index is 1.53. The zero-order chi connectivity index (χ0) is 22.2. The highest BCUT2D eigenvalue weighted by Gasteiger charge is 2.32. The number of likely N-dealkylation sites (tertiary alicyclic amines) is 1. The lowest BCUT2D eigenvalue weighted by atomic mass is 9.81. The maximum Gasteiger partial charge on any atom is 0.255 e. The van der Waals surface area contributed by atoms with E-state index in [-0.39, 0.29) is 17.7 Å². The third-order valence-corrected chi connectivity index (χ3v) is 6.00. The van der Waals surface area contributed by atoms with Gasteiger partial charge in [0.2, 0.25) is 5.91 Å². The molecule has 2 aromatic rings. The van der Waals surface area contributed by atoms with Crippen LogP contribution in [-0.2, 0) is 11.3 Å². The molecule has 3 rings (SSSR count). The Kier molecular flexibility index (Phi) is 7.87. The van der Waals surface area contributed by atoms with Crippen LogP contribution in [0.25, 0.3) is 0 Å². The molecule has 0 aliphatic carbocycles. The lowest BCUT2D eigenvalue weighted by molar-refractivity contribution is -0.123. The molecule has 2 heterocycles. The van der Waals surface area contributed by atoms with Crippen molar-refractivity contribution in [1.82, 2.24) is 15.2 Å². The van der Waals surface area contributed by atoms with Gasteiger partial charge in [-0.2, -0.15) is 0 Å². The molecule has 31 heavy (non-hydrogen) atoms. The standard InChI is InChI=1S/C24H31N3O4/c1-4-18-16-27(24(29)20-6-5-10-25-15-20)11-9-19(18)13-23(28)26-14-17-7-8-21(30-2)22(12-17)31-3/h5-8,10,12,15,18-19H,4,9,11,13-14,16H2,1-3H3,(H,26,28)/t18-,19+/m1/s1. The third-order valence-electron chi connectivity index (χ3n) is 6.00. The predicted molar refractivity (Wildman–Crippen MR) is 118 cm³/mol. The number of benzene rings is 1. The number of rotatable bonds is 8. The molecular weight excluding hydrogens is 394 g/mol. The molecule has 1 aliphatic rings. The minimum absolute atomic E-state index is 0.0166. The predicted octanol–water partition coefficient (Wildman–Crippen LogP) is 3.29. The molecule has 2 amide bonds. The van der Waals surface area contributed by atoms with Crippen LogP contribution < -0.4 is 14.8 Å². The number of nitrogens with zero attached hydrogens (tertiary/aromatic N) is 2. The minimum Gasteiger partial charge on any atom is -0.493 e. The Hall–Kier alpha value is -3.09. The summed E-state index contributed by atoms with van der Waals surface area (Å²) in [7, 11) is 3.19. The fourth-order valence-corrected chi connectivity index (χ4v) is 4.17. The van der Waals surface area contributed by atoms with Crippen molar-refractivity contribution in [3.63, 3.8) is 0 Å². The molecule has 1 aliphatic heterocycles. The number of aromatic nitrogens is 1. The van der Waals surface area contributed by atoms with E-state index in [1.807, 2.05) is 23.1 Å². The Morgan fingerprint density at radius 3 is 2.65 bits per heavy atom. The van der Waals surface area contributed by atoms with Crippen LogP contribution >= 0.6 is 0 Å². The fourth-order valence-electron chi connectivity index (χ4n) is 4.17. The Labute approximate surface area is 183 Å². The average Bonchev–Trinajstić information content (AvgIpc) is 2.82. The van der Waals surface area contributed by atoms with E-state index >= 15 is 0 Å². The highest BCUT2D eigenvalue weighted by Crippen LogP contribution is 2.30. The summed E-state index contributed by atoms with van der Waals surface area (Å²) >= 11 is 0. The van der Waals surface area contributed by atoms with Gasteiger partial charge in [-0.3, -0.25) is 14.6 Å². The number of piperidine rings is 1. The molecular formula is C24H31N3O4. The van der Waals surface area contributed by atoms with E-state index in [4.69, 9.17) is 9.47 Å². The number of hydrogen-bond donors (Lipinski definition) is 1. The van der Waals surface area contributed by atoms with E-state index in [2.05, 4.69) is 17.2 Å². The van der Waals surface area contributed by atoms with Crippen molar-refractivity contribution in [2.45, 2.75) is 32.7 Å². The fraction of sp³-hybridized carbons (Fsp3) is 0.458. The topological polar surface area (TPSA) is 80.8 Å². The van der Waals surface area contributed by atoms with E-state index in [1.54, 1.807) is 38.7 Å². The first-order valence-electron chi connectivity index (χ1n) is 10.7. The van der Waals surface area contributed by atoms with Crippen molar-refractivity contribution in [3.8, 4) is 11.5 Å². The number of nitrogens with one attached hydrogen (secondary N) is 1. The molecule has 1 N–H and O–H groups in total. The lowest BCUT2D eigenvalue weighted by Gasteiger charge is -2.38. The van der Waals surface area contributed by atoms with Crippen LogP contribution in [0.1, 0.15) is 42.1 Å². The summed E-state index contributed by atoms with van der Waals surface area (Å²) in [5.41, 5.74) is 1.57. The lowest BCUT2D eigenvalue weighted by Crippen LogP contribution is -2.44. The van der Waals surface area contributed by atoms with Gasteiger partial charge in [0.15, 0.2) is 11.5 Å². The summed E-state index contributed by atoms with van der Waals surface area (Å²) in [6.07, 6.45) is 5.51. The van der Waals surface area contributed by atoms with Crippen molar-refractivity contribution >= 4 is 11.8 Å². The number of carbonyl (C=O) groups excluding carboxylic acids is 2. The normalized spacial score (nSPS) is 18.4. The number of ether oxygens (including phenoxy) is 2. The average molecular weight is 426 g/mol. The molecule has 166 valence electrons. The zero-order valence-electron chi connectivity index (χ0n) is 18.5. The minimum atomic E-state index is 0.0166. The molecule has 1 aromatic heterocycles. The summed E-state index contributed by atoms with van der Waals surface area (Å²) in [6, 6.07) is 9.20. The first-order chi connectivity index (χ1) is 15.0. The van der Waals surface area contributed by atoms with E-state index in [9.17, 15) is 9.59 Å². The SMILES string of the molecule is CC[C@@H]1CN(C(=O)c2cccnc2)CC[C@H]1CC(=O)NCc1ccc(OC)c(OC)c1. The molecule has 1 saturated heterocycles. The van der Waals surface area contributed by atoms with Gasteiger partial charge in [0.05, 0.1) is 19.8 Å². The number of methoxy groups -OCH3 is 2. The van der Waals surface area contributed by atoms with Gasteiger partial charge in [-0.05, 0) is 48.1 Å². The van der Waals surface area contributed by atoms with Crippen LogP contribution in [0.2, 0.25) is 0 Å². The number of pyridine rings is 1. The van der Waals surface area contributed by atoms with Gasteiger partial charge >= 0.3 is 0 Å². The van der Waals surface area contributed by atoms with Crippen LogP contribution in [0.4, 0.5) is 0 Å². The maximum atomic E-state index is 12.7. The molecule has 0 radical (unpaired) electrons.